The van der Waals surface area contributed by atoms with E-state index in [9.17, 15) is 5.11 Å². The molecule has 25 heavy (non-hydrogen) atoms. The van der Waals surface area contributed by atoms with Crippen molar-refractivity contribution in [3.8, 4) is 17.2 Å². The van der Waals surface area contributed by atoms with Gasteiger partial charge in [0.25, 0.3) is 0 Å². The van der Waals surface area contributed by atoms with E-state index in [1.54, 1.807) is 14.2 Å². The van der Waals surface area contributed by atoms with Crippen molar-refractivity contribution in [2.75, 3.05) is 33.9 Å². The summed E-state index contributed by atoms with van der Waals surface area (Å²) in [5, 5.41) is 10.1. The van der Waals surface area contributed by atoms with Gasteiger partial charge in [0.05, 0.1) is 20.3 Å². The summed E-state index contributed by atoms with van der Waals surface area (Å²) in [6, 6.07) is 15.8. The first-order valence-electron chi connectivity index (χ1n) is 8.53. The fourth-order valence-electron chi connectivity index (χ4n) is 3.33. The second kappa shape index (κ2) is 8.23. The number of ether oxygens (including phenoxy) is 3. The standard InChI is InChI=1S/C20H25NO4/c1-23-17-7-5-6-15(12-17)18-13-16(22)14-21(18)10-11-25-20-9-4-3-8-19(20)24-2/h3-9,12,16,18,22H,10-11,13-14H2,1-2H3/t16-,18-/m0/s1. The van der Waals surface area contributed by atoms with Crippen molar-refractivity contribution in [2.45, 2.75) is 18.6 Å². The number of aliphatic hydroxyl groups excluding tert-OH is 1. The van der Waals surface area contributed by atoms with Gasteiger partial charge in [-0.2, -0.15) is 0 Å². The zero-order chi connectivity index (χ0) is 17.6. The minimum absolute atomic E-state index is 0.173. The summed E-state index contributed by atoms with van der Waals surface area (Å²) < 4.78 is 16.5. The second-order valence-corrected chi connectivity index (χ2v) is 6.18. The van der Waals surface area contributed by atoms with E-state index in [1.165, 1.54) is 0 Å². The predicted octanol–water partition coefficient (Wildman–Crippen LogP) is 2.89. The van der Waals surface area contributed by atoms with E-state index in [4.69, 9.17) is 14.2 Å². The molecule has 1 aliphatic rings. The molecule has 2 aromatic rings. The minimum Gasteiger partial charge on any atom is -0.497 e. The molecule has 0 aromatic heterocycles. The van der Waals surface area contributed by atoms with E-state index >= 15 is 0 Å². The molecule has 0 aliphatic carbocycles. The first kappa shape index (κ1) is 17.6. The minimum atomic E-state index is -0.317. The molecule has 1 aliphatic heterocycles. The number of rotatable bonds is 7. The zero-order valence-electron chi connectivity index (χ0n) is 14.7. The van der Waals surface area contributed by atoms with Crippen LogP contribution < -0.4 is 14.2 Å². The summed E-state index contributed by atoms with van der Waals surface area (Å²) in [5.74, 6) is 2.31. The molecule has 0 radical (unpaired) electrons. The van der Waals surface area contributed by atoms with Gasteiger partial charge in [0.15, 0.2) is 11.5 Å². The molecule has 1 fully saturated rings. The largest absolute Gasteiger partial charge is 0.497 e. The molecule has 1 heterocycles. The third-order valence-electron chi connectivity index (χ3n) is 4.57. The van der Waals surface area contributed by atoms with Crippen LogP contribution in [0.15, 0.2) is 48.5 Å². The van der Waals surface area contributed by atoms with Crippen LogP contribution in [0.25, 0.3) is 0 Å². The highest BCUT2D eigenvalue weighted by atomic mass is 16.5. The summed E-state index contributed by atoms with van der Waals surface area (Å²) in [7, 11) is 3.30. The van der Waals surface area contributed by atoms with E-state index in [2.05, 4.69) is 11.0 Å². The Hall–Kier alpha value is -2.24. The predicted molar refractivity (Wildman–Crippen MR) is 96.4 cm³/mol. The topological polar surface area (TPSA) is 51.2 Å². The number of aliphatic hydroxyl groups is 1. The molecule has 1 saturated heterocycles. The Morgan fingerprint density at radius 2 is 1.84 bits per heavy atom. The van der Waals surface area contributed by atoms with E-state index in [0.29, 0.717) is 13.2 Å². The highest BCUT2D eigenvalue weighted by Gasteiger charge is 2.32. The lowest BCUT2D eigenvalue weighted by Crippen LogP contribution is -2.29. The molecule has 2 atom stereocenters. The lowest BCUT2D eigenvalue weighted by atomic mass is 10.0. The molecule has 0 unspecified atom stereocenters. The van der Waals surface area contributed by atoms with Gasteiger partial charge in [-0.25, -0.2) is 0 Å². The van der Waals surface area contributed by atoms with Gasteiger partial charge >= 0.3 is 0 Å². The van der Waals surface area contributed by atoms with Gasteiger partial charge in [-0.1, -0.05) is 24.3 Å². The summed E-state index contributed by atoms with van der Waals surface area (Å²) in [6.07, 6.45) is 0.407. The van der Waals surface area contributed by atoms with Gasteiger partial charge < -0.3 is 19.3 Å². The average Bonchev–Trinajstić information content (AvgIpc) is 3.03. The molecule has 0 bridgehead atoms. The first-order valence-corrected chi connectivity index (χ1v) is 8.53. The summed E-state index contributed by atoms with van der Waals surface area (Å²) >= 11 is 0. The Bertz CT molecular complexity index is 691. The maximum atomic E-state index is 10.1. The number of nitrogens with zero attached hydrogens (tertiary/aromatic N) is 1. The average molecular weight is 343 g/mol. The lowest BCUT2D eigenvalue weighted by Gasteiger charge is -2.25. The maximum absolute atomic E-state index is 10.1. The van der Waals surface area contributed by atoms with Crippen molar-refractivity contribution in [3.05, 3.63) is 54.1 Å². The zero-order valence-corrected chi connectivity index (χ0v) is 14.7. The second-order valence-electron chi connectivity index (χ2n) is 6.18. The van der Waals surface area contributed by atoms with Crippen LogP contribution in [0.2, 0.25) is 0 Å². The van der Waals surface area contributed by atoms with Gasteiger partial charge in [-0.05, 0) is 36.2 Å². The van der Waals surface area contributed by atoms with Crippen LogP contribution in [0.5, 0.6) is 17.2 Å². The van der Waals surface area contributed by atoms with E-state index in [-0.39, 0.29) is 12.1 Å². The van der Waals surface area contributed by atoms with Crippen molar-refractivity contribution in [3.63, 3.8) is 0 Å². The van der Waals surface area contributed by atoms with Crippen molar-refractivity contribution in [2.24, 2.45) is 0 Å². The quantitative estimate of drug-likeness (QED) is 0.838. The van der Waals surface area contributed by atoms with E-state index in [0.717, 1.165) is 35.8 Å². The smallest absolute Gasteiger partial charge is 0.161 e. The molecule has 0 amide bonds. The molecular weight excluding hydrogens is 318 g/mol. The maximum Gasteiger partial charge on any atom is 0.161 e. The number of hydrogen-bond donors (Lipinski definition) is 1. The number of likely N-dealkylation sites (tertiary alicyclic amines) is 1. The molecule has 5 heteroatoms. The first-order chi connectivity index (χ1) is 12.2. The monoisotopic (exact) mass is 343 g/mol. The van der Waals surface area contributed by atoms with E-state index < -0.39 is 0 Å². The van der Waals surface area contributed by atoms with Gasteiger partial charge in [0, 0.05) is 19.1 Å². The summed E-state index contributed by atoms with van der Waals surface area (Å²) in [6.45, 7) is 1.92. The van der Waals surface area contributed by atoms with Gasteiger partial charge in [0.2, 0.25) is 0 Å². The van der Waals surface area contributed by atoms with Crippen LogP contribution in [0, 0.1) is 0 Å². The number of β-amino-alcohol motifs (C(OH)–C–C–N with tert-alkyl or cyclic N) is 1. The van der Waals surface area contributed by atoms with Crippen molar-refractivity contribution < 1.29 is 19.3 Å². The third-order valence-corrected chi connectivity index (χ3v) is 4.57. The third kappa shape index (κ3) is 4.24. The number of hydrogen-bond acceptors (Lipinski definition) is 5. The fraction of sp³-hybridized carbons (Fsp3) is 0.400. The number of benzene rings is 2. The van der Waals surface area contributed by atoms with Crippen LogP contribution in [0.3, 0.4) is 0 Å². The van der Waals surface area contributed by atoms with Crippen LogP contribution >= 0.6 is 0 Å². The fourth-order valence-corrected chi connectivity index (χ4v) is 3.33. The Balaban J connectivity index is 1.64. The van der Waals surface area contributed by atoms with Crippen molar-refractivity contribution >= 4 is 0 Å². The Labute approximate surface area is 148 Å². The Morgan fingerprint density at radius 1 is 1.04 bits per heavy atom. The highest BCUT2D eigenvalue weighted by Crippen LogP contribution is 2.33. The highest BCUT2D eigenvalue weighted by molar-refractivity contribution is 5.39. The molecule has 0 saturated carbocycles. The van der Waals surface area contributed by atoms with Crippen LogP contribution in [0.1, 0.15) is 18.0 Å². The molecule has 5 nitrogen and oxygen atoms in total. The van der Waals surface area contributed by atoms with Crippen molar-refractivity contribution in [1.29, 1.82) is 0 Å². The summed E-state index contributed by atoms with van der Waals surface area (Å²) in [4.78, 5) is 2.26. The number of methoxy groups -OCH3 is 2. The normalized spacial score (nSPS) is 20.4. The molecule has 3 rings (SSSR count). The van der Waals surface area contributed by atoms with Gasteiger partial charge in [-0.15, -0.1) is 0 Å². The lowest BCUT2D eigenvalue weighted by molar-refractivity contribution is 0.160. The Morgan fingerprint density at radius 3 is 2.60 bits per heavy atom. The van der Waals surface area contributed by atoms with Crippen LogP contribution in [-0.4, -0.2) is 50.0 Å². The van der Waals surface area contributed by atoms with E-state index in [1.807, 2.05) is 42.5 Å². The molecular formula is C20H25NO4. The van der Waals surface area contributed by atoms with Crippen LogP contribution in [-0.2, 0) is 0 Å². The van der Waals surface area contributed by atoms with Crippen LogP contribution in [0.4, 0.5) is 0 Å². The molecule has 1 N–H and O–H groups in total. The summed E-state index contributed by atoms with van der Waals surface area (Å²) in [5.41, 5.74) is 1.16. The Kier molecular flexibility index (Phi) is 5.79. The van der Waals surface area contributed by atoms with Gasteiger partial charge in [-0.3, -0.25) is 4.90 Å². The number of para-hydroxylation sites is 2. The SMILES string of the molecule is COc1cccc([C@@H]2C[C@H](O)CN2CCOc2ccccc2OC)c1. The molecule has 2 aromatic carbocycles. The van der Waals surface area contributed by atoms with Crippen molar-refractivity contribution in [1.82, 2.24) is 4.90 Å². The van der Waals surface area contributed by atoms with Gasteiger partial charge in [0.1, 0.15) is 12.4 Å². The molecule has 134 valence electrons. The molecule has 0 spiro atoms.